The summed E-state index contributed by atoms with van der Waals surface area (Å²) in [6.45, 7) is 2.76. The lowest BCUT2D eigenvalue weighted by Crippen LogP contribution is -2.48. The maximum Gasteiger partial charge on any atom is 0.257 e. The zero-order chi connectivity index (χ0) is 19.0. The van der Waals surface area contributed by atoms with Gasteiger partial charge in [-0.05, 0) is 36.4 Å². The third-order valence-electron chi connectivity index (χ3n) is 4.57. The fraction of sp³-hybridized carbons (Fsp3) is 0.263. The molecular weight excluding hydrogens is 450 g/mol. The van der Waals surface area contributed by atoms with E-state index in [-0.39, 0.29) is 5.91 Å². The van der Waals surface area contributed by atoms with Crippen molar-refractivity contribution in [1.29, 1.82) is 0 Å². The number of halogens is 2. The molecule has 0 atom stereocenters. The molecule has 0 spiro atoms. The minimum absolute atomic E-state index is 0.0535. The lowest BCUT2D eigenvalue weighted by Gasteiger charge is -2.34. The average Bonchev–Trinajstić information content (AvgIpc) is 3.10. The Labute approximate surface area is 174 Å². The maximum atomic E-state index is 12.9. The Kier molecular flexibility index (Phi) is 5.25. The van der Waals surface area contributed by atoms with E-state index in [4.69, 9.17) is 21.3 Å². The largest absolute Gasteiger partial charge is 0.496 e. The first kappa shape index (κ1) is 18.5. The fourth-order valence-electron chi connectivity index (χ4n) is 3.14. The molecule has 8 heteroatoms. The number of carbonyl (C=O) groups excluding carboxylic acids is 1. The smallest absolute Gasteiger partial charge is 0.257 e. The Bertz CT molecular complexity index is 1000. The highest BCUT2D eigenvalue weighted by molar-refractivity contribution is 9.10. The molecule has 0 bridgehead atoms. The molecule has 1 aromatic heterocycles. The van der Waals surface area contributed by atoms with Crippen LogP contribution in [-0.4, -0.2) is 49.1 Å². The Morgan fingerprint density at radius 3 is 2.70 bits per heavy atom. The highest BCUT2D eigenvalue weighted by atomic mass is 79.9. The predicted octanol–water partition coefficient (Wildman–Crippen LogP) is 4.68. The third kappa shape index (κ3) is 3.77. The molecule has 1 aliphatic rings. The van der Waals surface area contributed by atoms with Crippen molar-refractivity contribution in [2.45, 2.75) is 0 Å². The lowest BCUT2D eigenvalue weighted by molar-refractivity contribution is 0.0743. The first-order chi connectivity index (χ1) is 13.0. The van der Waals surface area contributed by atoms with Crippen LogP contribution in [0.4, 0.5) is 5.13 Å². The SMILES string of the molecule is COc1ccc(Cl)cc1C(=O)N1CCN(c2nc3ccc(Br)cc3s2)CC1. The second-order valence-corrected chi connectivity index (χ2v) is 8.59. The predicted molar refractivity (Wildman–Crippen MR) is 113 cm³/mol. The number of benzene rings is 2. The molecule has 4 rings (SSSR count). The molecule has 2 aromatic carbocycles. The first-order valence-corrected chi connectivity index (χ1v) is 10.5. The molecule has 0 saturated carbocycles. The first-order valence-electron chi connectivity index (χ1n) is 8.49. The molecule has 5 nitrogen and oxygen atoms in total. The van der Waals surface area contributed by atoms with E-state index in [0.29, 0.717) is 29.4 Å². The number of fused-ring (bicyclic) bond motifs is 1. The van der Waals surface area contributed by atoms with Gasteiger partial charge < -0.3 is 14.5 Å². The van der Waals surface area contributed by atoms with Crippen molar-refractivity contribution in [2.75, 3.05) is 38.2 Å². The van der Waals surface area contributed by atoms with E-state index in [1.807, 2.05) is 17.0 Å². The second-order valence-electron chi connectivity index (χ2n) is 6.23. The topological polar surface area (TPSA) is 45.7 Å². The fourth-order valence-corrected chi connectivity index (χ4v) is 4.88. The van der Waals surface area contributed by atoms with Gasteiger partial charge in [-0.2, -0.15) is 0 Å². The van der Waals surface area contributed by atoms with Crippen LogP contribution in [0, 0.1) is 0 Å². The van der Waals surface area contributed by atoms with Gasteiger partial charge in [0.05, 0.1) is 22.9 Å². The normalized spacial score (nSPS) is 14.6. The average molecular weight is 467 g/mol. The Hall–Kier alpha value is -1.83. The van der Waals surface area contributed by atoms with Gasteiger partial charge >= 0.3 is 0 Å². The van der Waals surface area contributed by atoms with Crippen LogP contribution in [0.25, 0.3) is 10.2 Å². The van der Waals surface area contributed by atoms with Crippen molar-refractivity contribution in [1.82, 2.24) is 9.88 Å². The number of anilines is 1. The van der Waals surface area contributed by atoms with Gasteiger partial charge in [0.2, 0.25) is 0 Å². The quantitative estimate of drug-likeness (QED) is 0.562. The number of thiazole rings is 1. The molecule has 0 radical (unpaired) electrons. The van der Waals surface area contributed by atoms with E-state index in [1.165, 1.54) is 0 Å². The highest BCUT2D eigenvalue weighted by Crippen LogP contribution is 2.31. The molecule has 3 aromatic rings. The second kappa shape index (κ2) is 7.66. The zero-order valence-electron chi connectivity index (χ0n) is 14.6. The summed E-state index contributed by atoms with van der Waals surface area (Å²) in [7, 11) is 1.56. The van der Waals surface area contributed by atoms with E-state index in [1.54, 1.807) is 36.6 Å². The molecule has 140 valence electrons. The number of ether oxygens (including phenoxy) is 1. The molecule has 1 amide bonds. The standard InChI is InChI=1S/C19H17BrClN3O2S/c1-26-16-5-3-13(21)11-14(16)18(25)23-6-8-24(9-7-23)19-22-15-4-2-12(20)10-17(15)27-19/h2-5,10-11H,6-9H2,1H3. The van der Waals surface area contributed by atoms with Crippen LogP contribution in [0.1, 0.15) is 10.4 Å². The van der Waals surface area contributed by atoms with Crippen LogP contribution >= 0.6 is 38.9 Å². The summed E-state index contributed by atoms with van der Waals surface area (Å²) in [6.07, 6.45) is 0. The molecule has 0 aliphatic carbocycles. The van der Waals surface area contributed by atoms with Gasteiger partial charge in [0.25, 0.3) is 5.91 Å². The number of nitrogens with zero attached hydrogens (tertiary/aromatic N) is 3. The Morgan fingerprint density at radius 1 is 1.19 bits per heavy atom. The number of hydrogen-bond donors (Lipinski definition) is 0. The van der Waals surface area contributed by atoms with Crippen molar-refractivity contribution in [2.24, 2.45) is 0 Å². The number of carbonyl (C=O) groups is 1. The van der Waals surface area contributed by atoms with Gasteiger partial charge in [-0.3, -0.25) is 4.79 Å². The lowest BCUT2D eigenvalue weighted by atomic mass is 10.1. The Morgan fingerprint density at radius 2 is 1.96 bits per heavy atom. The van der Waals surface area contributed by atoms with Crippen molar-refractivity contribution >= 4 is 60.1 Å². The molecule has 0 unspecified atom stereocenters. The molecule has 1 aliphatic heterocycles. The third-order valence-corrected chi connectivity index (χ3v) is 6.38. The number of aromatic nitrogens is 1. The highest BCUT2D eigenvalue weighted by Gasteiger charge is 2.26. The summed E-state index contributed by atoms with van der Waals surface area (Å²) in [6, 6.07) is 11.2. The van der Waals surface area contributed by atoms with E-state index >= 15 is 0 Å². The number of rotatable bonds is 3. The van der Waals surface area contributed by atoms with E-state index in [9.17, 15) is 4.79 Å². The summed E-state index contributed by atoms with van der Waals surface area (Å²) >= 11 is 11.2. The minimum atomic E-state index is -0.0535. The zero-order valence-corrected chi connectivity index (χ0v) is 17.8. The van der Waals surface area contributed by atoms with Gasteiger partial charge in [-0.15, -0.1) is 0 Å². The van der Waals surface area contributed by atoms with Crippen molar-refractivity contribution < 1.29 is 9.53 Å². The van der Waals surface area contributed by atoms with Crippen molar-refractivity contribution in [3.8, 4) is 5.75 Å². The summed E-state index contributed by atoms with van der Waals surface area (Å²) in [5.74, 6) is 0.491. The molecule has 0 N–H and O–H groups in total. The number of amides is 1. The minimum Gasteiger partial charge on any atom is -0.496 e. The van der Waals surface area contributed by atoms with Gasteiger partial charge in [0, 0.05) is 35.7 Å². The molecular formula is C19H17BrClN3O2S. The summed E-state index contributed by atoms with van der Waals surface area (Å²) in [5, 5.41) is 1.52. The maximum absolute atomic E-state index is 12.9. The summed E-state index contributed by atoms with van der Waals surface area (Å²) in [4.78, 5) is 21.7. The number of methoxy groups -OCH3 is 1. The van der Waals surface area contributed by atoms with Crippen molar-refractivity contribution in [3.63, 3.8) is 0 Å². The van der Waals surface area contributed by atoms with Crippen LogP contribution in [0.15, 0.2) is 40.9 Å². The van der Waals surface area contributed by atoms with Crippen LogP contribution in [-0.2, 0) is 0 Å². The number of piperazine rings is 1. The Balaban J connectivity index is 1.48. The van der Waals surface area contributed by atoms with E-state index in [0.717, 1.165) is 32.9 Å². The van der Waals surface area contributed by atoms with Crippen molar-refractivity contribution in [3.05, 3.63) is 51.5 Å². The van der Waals surface area contributed by atoms with Crippen LogP contribution in [0.5, 0.6) is 5.75 Å². The summed E-state index contributed by atoms with van der Waals surface area (Å²) < 4.78 is 7.52. The van der Waals surface area contributed by atoms with Gasteiger partial charge in [-0.1, -0.05) is 38.9 Å². The van der Waals surface area contributed by atoms with Gasteiger partial charge in [0.15, 0.2) is 5.13 Å². The monoisotopic (exact) mass is 465 g/mol. The molecule has 1 saturated heterocycles. The van der Waals surface area contributed by atoms with E-state index in [2.05, 4.69) is 26.9 Å². The number of hydrogen-bond acceptors (Lipinski definition) is 5. The van der Waals surface area contributed by atoms with Crippen LogP contribution in [0.2, 0.25) is 5.02 Å². The van der Waals surface area contributed by atoms with E-state index < -0.39 is 0 Å². The van der Waals surface area contributed by atoms with Gasteiger partial charge in [0.1, 0.15) is 5.75 Å². The molecule has 27 heavy (non-hydrogen) atoms. The molecule has 2 heterocycles. The summed E-state index contributed by atoms with van der Waals surface area (Å²) in [5.41, 5.74) is 1.50. The van der Waals surface area contributed by atoms with Crippen LogP contribution < -0.4 is 9.64 Å². The molecule has 1 fully saturated rings. The van der Waals surface area contributed by atoms with Crippen LogP contribution in [0.3, 0.4) is 0 Å². The van der Waals surface area contributed by atoms with Gasteiger partial charge in [-0.25, -0.2) is 4.98 Å².